The number of hydrogen-bond donors (Lipinski definition) is 1. The van der Waals surface area contributed by atoms with Gasteiger partial charge >= 0.3 is 5.97 Å². The zero-order valence-electron chi connectivity index (χ0n) is 13.8. The van der Waals surface area contributed by atoms with Crippen molar-refractivity contribution in [2.75, 3.05) is 13.7 Å². The van der Waals surface area contributed by atoms with Crippen LogP contribution < -0.4 is 10.1 Å². The van der Waals surface area contributed by atoms with Gasteiger partial charge in [-0.05, 0) is 25.1 Å². The second-order valence-electron chi connectivity index (χ2n) is 5.63. The molecule has 2 unspecified atom stereocenters. The molecule has 1 fully saturated rings. The highest BCUT2D eigenvalue weighted by molar-refractivity contribution is 8.00. The fourth-order valence-electron chi connectivity index (χ4n) is 2.71. The summed E-state index contributed by atoms with van der Waals surface area (Å²) in [6, 6.07) is 8.28. The average molecular weight is 362 g/mol. The van der Waals surface area contributed by atoms with E-state index in [1.54, 1.807) is 30.3 Å². The van der Waals surface area contributed by atoms with E-state index in [-0.39, 0.29) is 34.7 Å². The lowest BCUT2D eigenvalue weighted by molar-refractivity contribution is -0.151. The van der Waals surface area contributed by atoms with E-state index in [4.69, 9.17) is 9.47 Å². The Morgan fingerprint density at radius 1 is 1.28 bits per heavy atom. The summed E-state index contributed by atoms with van der Waals surface area (Å²) in [5.41, 5.74) is 0.231. The second kappa shape index (κ2) is 7.18. The first kappa shape index (κ1) is 17.3. The van der Waals surface area contributed by atoms with Gasteiger partial charge in [-0.25, -0.2) is 4.79 Å². The van der Waals surface area contributed by atoms with Gasteiger partial charge in [-0.1, -0.05) is 18.2 Å². The number of para-hydroxylation sites is 1. The summed E-state index contributed by atoms with van der Waals surface area (Å²) >= 11 is 1.50. The van der Waals surface area contributed by atoms with Crippen LogP contribution in [0.3, 0.4) is 0 Å². The third-order valence-electron chi connectivity index (χ3n) is 3.87. The van der Waals surface area contributed by atoms with Crippen LogP contribution in [0, 0.1) is 0 Å². The van der Waals surface area contributed by atoms with Gasteiger partial charge in [-0.15, -0.1) is 11.8 Å². The molecule has 132 valence electrons. The maximum absolute atomic E-state index is 12.4. The van der Waals surface area contributed by atoms with Crippen molar-refractivity contribution >= 4 is 29.5 Å². The first-order valence-electron chi connectivity index (χ1n) is 7.77. The van der Waals surface area contributed by atoms with Crippen molar-refractivity contribution in [3.05, 3.63) is 42.1 Å². The van der Waals surface area contributed by atoms with E-state index in [2.05, 4.69) is 5.32 Å². The maximum atomic E-state index is 12.4. The normalized spacial score (nSPS) is 24.6. The van der Waals surface area contributed by atoms with Crippen molar-refractivity contribution in [1.82, 2.24) is 10.2 Å². The molecule has 2 aliphatic rings. The number of benzene rings is 1. The van der Waals surface area contributed by atoms with Gasteiger partial charge in [0.25, 0.3) is 11.8 Å². The number of methoxy groups -OCH3 is 1. The van der Waals surface area contributed by atoms with Crippen molar-refractivity contribution in [3.63, 3.8) is 0 Å². The molecule has 1 N–H and O–H groups in total. The van der Waals surface area contributed by atoms with Gasteiger partial charge in [0.1, 0.15) is 22.9 Å². The molecule has 3 rings (SSSR count). The number of amides is 2. The Kier molecular flexibility index (Phi) is 4.98. The minimum atomic E-state index is -0.673. The van der Waals surface area contributed by atoms with Crippen LogP contribution in [0.25, 0.3) is 0 Å². The molecule has 3 atom stereocenters. The van der Waals surface area contributed by atoms with Crippen LogP contribution in [0.1, 0.15) is 6.92 Å². The summed E-state index contributed by atoms with van der Waals surface area (Å²) in [5.74, 6) is -0.683. The Labute approximate surface area is 149 Å². The highest BCUT2D eigenvalue weighted by Crippen LogP contribution is 2.40. The lowest BCUT2D eigenvalue weighted by Crippen LogP contribution is -2.70. The summed E-state index contributed by atoms with van der Waals surface area (Å²) in [4.78, 5) is 37.6. The summed E-state index contributed by atoms with van der Waals surface area (Å²) in [6.45, 7) is 1.74. The molecule has 0 aromatic heterocycles. The van der Waals surface area contributed by atoms with Gasteiger partial charge in [0.05, 0.1) is 7.11 Å². The number of rotatable bonds is 5. The zero-order valence-corrected chi connectivity index (χ0v) is 14.6. The first-order valence-corrected chi connectivity index (χ1v) is 8.71. The number of fused-ring (bicyclic) bond motifs is 1. The second-order valence-corrected chi connectivity index (χ2v) is 7.13. The minimum absolute atomic E-state index is 0.0309. The van der Waals surface area contributed by atoms with E-state index in [9.17, 15) is 14.4 Å². The molecule has 2 amide bonds. The Balaban J connectivity index is 1.60. The number of esters is 1. The number of nitrogens with zero attached hydrogens (tertiary/aromatic N) is 1. The Bertz CT molecular complexity index is 721. The van der Waals surface area contributed by atoms with Gasteiger partial charge in [-0.2, -0.15) is 0 Å². The van der Waals surface area contributed by atoms with Crippen molar-refractivity contribution in [1.29, 1.82) is 0 Å². The number of ether oxygens (including phenoxy) is 2. The standard InChI is InChI=1S/C17H18N2O5S/c1-10-8-12(17(22)23-2)19-15(21)14(16(19)25-10)18-13(20)9-24-11-6-4-3-5-7-11/h3-8,10,14,16H,9H2,1-2H3,(H,18,20)/t10?,14?,16-/m1/s1. The van der Waals surface area contributed by atoms with Crippen LogP contribution in [0.15, 0.2) is 42.1 Å². The number of hydrogen-bond acceptors (Lipinski definition) is 6. The van der Waals surface area contributed by atoms with Crippen LogP contribution in [0.4, 0.5) is 0 Å². The van der Waals surface area contributed by atoms with Crippen LogP contribution in [0.5, 0.6) is 5.75 Å². The molecule has 0 saturated carbocycles. The lowest BCUT2D eigenvalue weighted by atomic mass is 10.0. The molecule has 1 saturated heterocycles. The molecule has 7 nitrogen and oxygen atoms in total. The smallest absolute Gasteiger partial charge is 0.354 e. The minimum Gasteiger partial charge on any atom is -0.484 e. The van der Waals surface area contributed by atoms with Gasteiger partial charge in [0.15, 0.2) is 6.61 Å². The Morgan fingerprint density at radius 2 is 2.00 bits per heavy atom. The molecule has 8 heteroatoms. The highest BCUT2D eigenvalue weighted by Gasteiger charge is 2.54. The molecule has 0 aliphatic carbocycles. The van der Waals surface area contributed by atoms with Crippen LogP contribution >= 0.6 is 11.8 Å². The van der Waals surface area contributed by atoms with Gasteiger partial charge in [0.2, 0.25) is 0 Å². The van der Waals surface area contributed by atoms with Crippen molar-refractivity contribution in [2.24, 2.45) is 0 Å². The Morgan fingerprint density at radius 3 is 2.68 bits per heavy atom. The molecule has 0 spiro atoms. The van der Waals surface area contributed by atoms with Crippen molar-refractivity contribution < 1.29 is 23.9 Å². The van der Waals surface area contributed by atoms with E-state index in [0.717, 1.165) is 0 Å². The summed E-state index contributed by atoms with van der Waals surface area (Å²) < 4.78 is 10.1. The molecule has 0 radical (unpaired) electrons. The molecule has 1 aromatic rings. The van der Waals surface area contributed by atoms with E-state index in [0.29, 0.717) is 5.75 Å². The number of nitrogens with one attached hydrogen (secondary N) is 1. The molecule has 0 bridgehead atoms. The third-order valence-corrected chi connectivity index (χ3v) is 5.20. The first-order chi connectivity index (χ1) is 12.0. The van der Waals surface area contributed by atoms with Crippen molar-refractivity contribution in [2.45, 2.75) is 23.6 Å². The van der Waals surface area contributed by atoms with E-state index in [1.807, 2.05) is 13.0 Å². The predicted octanol–water partition coefficient (Wildman–Crippen LogP) is 0.911. The summed E-state index contributed by atoms with van der Waals surface area (Å²) in [6.07, 6.45) is 1.70. The fraction of sp³-hybridized carbons (Fsp3) is 0.353. The lowest BCUT2D eigenvalue weighted by Gasteiger charge is -2.49. The van der Waals surface area contributed by atoms with Crippen LogP contribution in [0.2, 0.25) is 0 Å². The molecular formula is C17H18N2O5S. The van der Waals surface area contributed by atoms with Gasteiger partial charge in [-0.3, -0.25) is 14.5 Å². The van der Waals surface area contributed by atoms with Gasteiger partial charge < -0.3 is 14.8 Å². The fourth-order valence-corrected chi connectivity index (χ4v) is 4.03. The van der Waals surface area contributed by atoms with Crippen LogP contribution in [-0.4, -0.2) is 53.1 Å². The zero-order chi connectivity index (χ0) is 18.0. The average Bonchev–Trinajstić information content (AvgIpc) is 2.63. The molecular weight excluding hydrogens is 344 g/mol. The SMILES string of the molecule is COC(=O)C1=CC(C)S[C@@H]2C(NC(=O)COc3ccccc3)C(=O)N12. The quantitative estimate of drug-likeness (QED) is 0.619. The molecule has 2 heterocycles. The van der Waals surface area contributed by atoms with E-state index >= 15 is 0 Å². The third kappa shape index (κ3) is 3.48. The van der Waals surface area contributed by atoms with Crippen molar-refractivity contribution in [3.8, 4) is 5.75 Å². The summed E-state index contributed by atoms with van der Waals surface area (Å²) in [5, 5.41) is 2.39. The monoisotopic (exact) mass is 362 g/mol. The predicted molar refractivity (Wildman–Crippen MR) is 91.7 cm³/mol. The molecule has 1 aromatic carbocycles. The topological polar surface area (TPSA) is 84.9 Å². The number of carbonyl (C=O) groups excluding carboxylic acids is 3. The number of carbonyl (C=O) groups is 3. The van der Waals surface area contributed by atoms with Crippen LogP contribution in [-0.2, 0) is 19.1 Å². The Hall–Kier alpha value is -2.48. The molecule has 2 aliphatic heterocycles. The van der Waals surface area contributed by atoms with E-state index in [1.165, 1.54) is 23.8 Å². The largest absolute Gasteiger partial charge is 0.484 e. The number of β-lactam (4-membered cyclic amide) rings is 1. The number of thioether (sulfide) groups is 1. The summed E-state index contributed by atoms with van der Waals surface area (Å²) in [7, 11) is 1.27. The highest BCUT2D eigenvalue weighted by atomic mass is 32.2. The van der Waals surface area contributed by atoms with Gasteiger partial charge in [0, 0.05) is 5.25 Å². The van der Waals surface area contributed by atoms with E-state index < -0.39 is 12.0 Å². The molecule has 25 heavy (non-hydrogen) atoms. The maximum Gasteiger partial charge on any atom is 0.354 e.